The summed E-state index contributed by atoms with van der Waals surface area (Å²) in [6.45, 7) is 30.6. The van der Waals surface area contributed by atoms with Crippen molar-refractivity contribution in [2.24, 2.45) is 10.8 Å². The molecule has 0 N–H and O–H groups in total. The normalized spacial score (nSPS) is 16.6. The van der Waals surface area contributed by atoms with Gasteiger partial charge >= 0.3 is 0 Å². The van der Waals surface area contributed by atoms with Crippen molar-refractivity contribution in [2.75, 3.05) is 0 Å². The molecule has 0 bridgehead atoms. The lowest BCUT2D eigenvalue weighted by atomic mass is 9.71. The van der Waals surface area contributed by atoms with Gasteiger partial charge in [0.1, 0.15) is 0 Å². The van der Waals surface area contributed by atoms with E-state index < -0.39 is 16.6 Å². The summed E-state index contributed by atoms with van der Waals surface area (Å²) < 4.78 is 13.5. The van der Waals surface area contributed by atoms with Gasteiger partial charge < -0.3 is 8.85 Å². The number of allylic oxidation sites excluding steroid dienone is 2. The maximum atomic E-state index is 6.75. The van der Waals surface area contributed by atoms with Gasteiger partial charge in [0.25, 0.3) is 0 Å². The molecule has 0 aromatic carbocycles. The maximum Gasteiger partial charge on any atom is 0.184 e. The van der Waals surface area contributed by atoms with Crippen LogP contribution in [0.2, 0.25) is 39.3 Å². The maximum absolute atomic E-state index is 6.75. The predicted octanol–water partition coefficient (Wildman–Crippen LogP) is 6.63. The molecule has 0 spiro atoms. The summed E-state index contributed by atoms with van der Waals surface area (Å²) in [5, 5.41) is 0. The second-order valence-electron chi connectivity index (χ2n) is 10.3. The molecular formula is C20H42O2Si2. The Bertz CT molecular complexity index is 374. The molecular weight excluding hydrogens is 328 g/mol. The first-order chi connectivity index (χ1) is 10.6. The minimum absolute atomic E-state index is 0.0230. The molecule has 24 heavy (non-hydrogen) atoms. The molecule has 0 saturated carbocycles. The van der Waals surface area contributed by atoms with E-state index in [1.165, 1.54) is 0 Å². The Morgan fingerprint density at radius 1 is 0.708 bits per heavy atom. The third-order valence-corrected chi connectivity index (χ3v) is 6.04. The topological polar surface area (TPSA) is 18.5 Å². The minimum Gasteiger partial charge on any atom is -0.412 e. The van der Waals surface area contributed by atoms with E-state index in [0.29, 0.717) is 0 Å². The summed E-state index contributed by atoms with van der Waals surface area (Å²) >= 11 is 0. The lowest BCUT2D eigenvalue weighted by Crippen LogP contribution is -2.56. The van der Waals surface area contributed by atoms with Crippen LogP contribution in [0.15, 0.2) is 25.3 Å². The summed E-state index contributed by atoms with van der Waals surface area (Å²) in [7, 11) is -3.45. The van der Waals surface area contributed by atoms with Crippen molar-refractivity contribution in [1.82, 2.24) is 0 Å². The van der Waals surface area contributed by atoms with Gasteiger partial charge in [0.05, 0.1) is 12.2 Å². The van der Waals surface area contributed by atoms with E-state index >= 15 is 0 Å². The summed E-state index contributed by atoms with van der Waals surface area (Å²) in [5.74, 6) is 0. The number of rotatable bonds is 11. The molecule has 0 amide bonds. The molecule has 0 fully saturated rings. The molecule has 0 saturated heterocycles. The SMILES string of the molecule is C=CCC(C)(C)[C@H](O[Si](C)(C)C)[C@H](O[Si](C)(C)C)C(C)(C)CC=C. The van der Waals surface area contributed by atoms with E-state index in [1.54, 1.807) is 0 Å². The smallest absolute Gasteiger partial charge is 0.184 e. The summed E-state index contributed by atoms with van der Waals surface area (Å²) in [6, 6.07) is 0. The quantitative estimate of drug-likeness (QED) is 0.300. The monoisotopic (exact) mass is 370 g/mol. The van der Waals surface area contributed by atoms with Crippen LogP contribution < -0.4 is 0 Å². The van der Waals surface area contributed by atoms with Gasteiger partial charge in [-0.05, 0) is 63.0 Å². The fourth-order valence-corrected chi connectivity index (χ4v) is 5.41. The summed E-state index contributed by atoms with van der Waals surface area (Å²) in [4.78, 5) is 0. The summed E-state index contributed by atoms with van der Waals surface area (Å²) in [5.41, 5.74) is -0.0461. The van der Waals surface area contributed by atoms with E-state index in [2.05, 4.69) is 80.1 Å². The first kappa shape index (κ1) is 23.8. The van der Waals surface area contributed by atoms with Gasteiger partial charge in [-0.3, -0.25) is 0 Å². The lowest BCUT2D eigenvalue weighted by Gasteiger charge is -2.49. The van der Waals surface area contributed by atoms with Crippen LogP contribution in [0.25, 0.3) is 0 Å². The van der Waals surface area contributed by atoms with Crippen LogP contribution in [-0.4, -0.2) is 28.8 Å². The molecule has 0 aliphatic heterocycles. The zero-order valence-electron chi connectivity index (χ0n) is 18.0. The minimum atomic E-state index is -1.72. The van der Waals surface area contributed by atoms with Gasteiger partial charge in [-0.1, -0.05) is 39.8 Å². The highest BCUT2D eigenvalue weighted by atomic mass is 28.4. The van der Waals surface area contributed by atoms with Crippen molar-refractivity contribution in [1.29, 1.82) is 0 Å². The second-order valence-corrected chi connectivity index (χ2v) is 19.2. The van der Waals surface area contributed by atoms with Crippen LogP contribution in [0.4, 0.5) is 0 Å². The van der Waals surface area contributed by atoms with Crippen LogP contribution in [0.3, 0.4) is 0 Å². The second kappa shape index (κ2) is 8.48. The first-order valence-electron chi connectivity index (χ1n) is 9.13. The van der Waals surface area contributed by atoms with Crippen LogP contribution >= 0.6 is 0 Å². The highest BCUT2D eigenvalue weighted by Crippen LogP contribution is 2.42. The van der Waals surface area contributed by atoms with E-state index in [-0.39, 0.29) is 23.0 Å². The van der Waals surface area contributed by atoms with Crippen LogP contribution in [0, 0.1) is 10.8 Å². The lowest BCUT2D eigenvalue weighted by molar-refractivity contribution is -0.0802. The first-order valence-corrected chi connectivity index (χ1v) is 15.9. The largest absolute Gasteiger partial charge is 0.412 e. The molecule has 4 heteroatoms. The Kier molecular flexibility index (Phi) is 8.42. The number of hydrogen-bond acceptors (Lipinski definition) is 2. The summed E-state index contributed by atoms with van der Waals surface area (Å²) in [6.07, 6.45) is 5.93. The van der Waals surface area contributed by atoms with Crippen molar-refractivity contribution in [3.63, 3.8) is 0 Å². The third kappa shape index (κ3) is 8.28. The molecule has 2 atom stereocenters. The molecule has 2 nitrogen and oxygen atoms in total. The molecule has 0 rings (SSSR count). The Labute approximate surface area is 154 Å². The average Bonchev–Trinajstić information content (AvgIpc) is 2.30. The van der Waals surface area contributed by atoms with Crippen molar-refractivity contribution in [2.45, 2.75) is 92.0 Å². The van der Waals surface area contributed by atoms with E-state index in [9.17, 15) is 0 Å². The predicted molar refractivity (Wildman–Crippen MR) is 114 cm³/mol. The Morgan fingerprint density at radius 2 is 0.958 bits per heavy atom. The molecule has 0 aliphatic carbocycles. The zero-order chi connectivity index (χ0) is 19.4. The Balaban J connectivity index is 6.04. The fraction of sp³-hybridized carbons (Fsp3) is 0.800. The fourth-order valence-electron chi connectivity index (χ4n) is 3.00. The zero-order valence-corrected chi connectivity index (χ0v) is 20.0. The van der Waals surface area contributed by atoms with Crippen LogP contribution in [-0.2, 0) is 8.85 Å². The van der Waals surface area contributed by atoms with Crippen molar-refractivity contribution >= 4 is 16.6 Å². The molecule has 0 heterocycles. The molecule has 0 radical (unpaired) electrons. The highest BCUT2D eigenvalue weighted by Gasteiger charge is 2.46. The Morgan fingerprint density at radius 3 is 1.12 bits per heavy atom. The molecule has 0 aliphatic rings. The standard InChI is InChI=1S/C20H42O2Si2/c1-13-15-19(3,4)17(21-23(7,8)9)18(22-24(10,11)12)20(5,6)16-14-2/h13-14,17-18H,1-2,15-16H2,3-12H3/t17-,18+. The van der Waals surface area contributed by atoms with Crippen molar-refractivity contribution in [3.05, 3.63) is 25.3 Å². The third-order valence-electron chi connectivity index (χ3n) is 4.12. The average molecular weight is 371 g/mol. The van der Waals surface area contributed by atoms with Crippen LogP contribution in [0.1, 0.15) is 40.5 Å². The number of hydrogen-bond donors (Lipinski definition) is 0. The Hall–Kier alpha value is -0.166. The van der Waals surface area contributed by atoms with Gasteiger partial charge in [0.15, 0.2) is 16.6 Å². The van der Waals surface area contributed by atoms with Crippen molar-refractivity contribution < 1.29 is 8.85 Å². The van der Waals surface area contributed by atoms with Gasteiger partial charge in [-0.15, -0.1) is 13.2 Å². The van der Waals surface area contributed by atoms with Gasteiger partial charge in [-0.25, -0.2) is 0 Å². The van der Waals surface area contributed by atoms with Gasteiger partial charge in [0, 0.05) is 0 Å². The highest BCUT2D eigenvalue weighted by molar-refractivity contribution is 6.70. The van der Waals surface area contributed by atoms with Crippen LogP contribution in [0.5, 0.6) is 0 Å². The van der Waals surface area contributed by atoms with E-state index in [0.717, 1.165) is 12.8 Å². The molecule has 0 aromatic heterocycles. The van der Waals surface area contributed by atoms with Gasteiger partial charge in [-0.2, -0.15) is 0 Å². The van der Waals surface area contributed by atoms with Gasteiger partial charge in [0.2, 0.25) is 0 Å². The van der Waals surface area contributed by atoms with E-state index in [1.807, 2.05) is 12.2 Å². The van der Waals surface area contributed by atoms with Crippen molar-refractivity contribution in [3.8, 4) is 0 Å². The van der Waals surface area contributed by atoms with E-state index in [4.69, 9.17) is 8.85 Å². The molecule has 142 valence electrons. The molecule has 0 unspecified atom stereocenters. The molecule has 0 aromatic rings.